The van der Waals surface area contributed by atoms with Crippen LogP contribution in [0.15, 0.2) is 60.7 Å². The van der Waals surface area contributed by atoms with Crippen molar-refractivity contribution in [2.75, 3.05) is 5.32 Å². The summed E-state index contributed by atoms with van der Waals surface area (Å²) in [5, 5.41) is 14.9. The molecule has 3 N–H and O–H groups in total. The Kier molecular flexibility index (Phi) is 7.41. The van der Waals surface area contributed by atoms with Crippen molar-refractivity contribution in [3.05, 3.63) is 102 Å². The first-order valence-electron chi connectivity index (χ1n) is 9.97. The zero-order valence-corrected chi connectivity index (χ0v) is 20.9. The van der Waals surface area contributed by atoms with Crippen LogP contribution < -0.4 is 16.2 Å². The van der Waals surface area contributed by atoms with Crippen LogP contribution in [0.3, 0.4) is 0 Å². The monoisotopic (exact) mass is 562 g/mol. The van der Waals surface area contributed by atoms with Crippen LogP contribution in [0.4, 0.5) is 11.4 Å². The largest absolute Gasteiger partial charge is 0.321 e. The number of carbonyl (C=O) groups is 3. The molecule has 0 unspecified atom stereocenters. The normalized spacial score (nSPS) is 10.6. The van der Waals surface area contributed by atoms with E-state index in [1.807, 2.05) is 0 Å². The lowest BCUT2D eigenvalue weighted by molar-refractivity contribution is -0.384. The number of nitrogens with one attached hydrogen (secondary N) is 3. The maximum Gasteiger partial charge on any atom is 0.271 e. The van der Waals surface area contributed by atoms with Gasteiger partial charge in [-0.25, -0.2) is 0 Å². The highest BCUT2D eigenvalue weighted by atomic mass is 35.5. The van der Waals surface area contributed by atoms with Crippen LogP contribution in [-0.2, 0) is 0 Å². The minimum atomic E-state index is -0.626. The number of anilines is 1. The van der Waals surface area contributed by atoms with E-state index >= 15 is 0 Å². The summed E-state index contributed by atoms with van der Waals surface area (Å²) >= 11 is 19.1. The highest BCUT2D eigenvalue weighted by Crippen LogP contribution is 2.37. The maximum atomic E-state index is 12.7. The molecule has 13 heteroatoms. The third-order valence-corrected chi connectivity index (χ3v) is 7.10. The zero-order chi connectivity index (χ0) is 26.0. The Balaban J connectivity index is 1.40. The van der Waals surface area contributed by atoms with Crippen molar-refractivity contribution in [1.82, 2.24) is 10.9 Å². The van der Waals surface area contributed by atoms with Crippen molar-refractivity contribution < 1.29 is 19.3 Å². The number of thiophene rings is 1. The van der Waals surface area contributed by atoms with E-state index in [9.17, 15) is 24.5 Å². The molecule has 36 heavy (non-hydrogen) atoms. The summed E-state index contributed by atoms with van der Waals surface area (Å²) in [5.74, 6) is -1.73. The average molecular weight is 564 g/mol. The molecular weight excluding hydrogens is 551 g/mol. The summed E-state index contributed by atoms with van der Waals surface area (Å²) in [6, 6.07) is 14.4. The molecule has 4 aromatic rings. The van der Waals surface area contributed by atoms with Crippen molar-refractivity contribution in [3.63, 3.8) is 0 Å². The number of carbonyl (C=O) groups excluding carboxylic acids is 3. The molecule has 0 aliphatic carbocycles. The van der Waals surface area contributed by atoms with Crippen LogP contribution in [-0.4, -0.2) is 22.6 Å². The SMILES string of the molecule is O=C(NNC(=O)c1ccc(Cl)cc1Cl)c1ccc(NC(=O)c2sc3cc([N+](=O)[O-])ccc3c2Cl)cc1. The topological polar surface area (TPSA) is 130 Å². The number of fused-ring (bicyclic) bond motifs is 1. The van der Waals surface area contributed by atoms with Crippen LogP contribution in [0.2, 0.25) is 15.1 Å². The first kappa shape index (κ1) is 25.4. The summed E-state index contributed by atoms with van der Waals surface area (Å²) < 4.78 is 0.508. The molecule has 0 bridgehead atoms. The van der Waals surface area contributed by atoms with Crippen LogP contribution in [0, 0.1) is 10.1 Å². The van der Waals surface area contributed by atoms with E-state index in [1.165, 1.54) is 60.7 Å². The maximum absolute atomic E-state index is 12.7. The summed E-state index contributed by atoms with van der Waals surface area (Å²) in [5.41, 5.74) is 5.17. The number of nitro benzene ring substituents is 1. The van der Waals surface area contributed by atoms with Gasteiger partial charge in [-0.05, 0) is 48.5 Å². The number of rotatable bonds is 5. The molecule has 0 radical (unpaired) electrons. The molecular formula is C23H13Cl3N4O5S. The quantitative estimate of drug-likeness (QED) is 0.200. The van der Waals surface area contributed by atoms with Crippen LogP contribution >= 0.6 is 46.1 Å². The van der Waals surface area contributed by atoms with Gasteiger partial charge >= 0.3 is 0 Å². The van der Waals surface area contributed by atoms with Gasteiger partial charge in [-0.2, -0.15) is 0 Å². The highest BCUT2D eigenvalue weighted by Gasteiger charge is 2.20. The third-order valence-electron chi connectivity index (χ3n) is 4.90. The van der Waals surface area contributed by atoms with Gasteiger partial charge in [-0.15, -0.1) is 11.3 Å². The van der Waals surface area contributed by atoms with E-state index in [-0.39, 0.29) is 31.7 Å². The van der Waals surface area contributed by atoms with Gasteiger partial charge in [-0.3, -0.25) is 35.3 Å². The second-order valence-electron chi connectivity index (χ2n) is 7.25. The van der Waals surface area contributed by atoms with E-state index in [0.717, 1.165) is 11.3 Å². The Morgan fingerprint density at radius 3 is 2.19 bits per heavy atom. The van der Waals surface area contributed by atoms with Gasteiger partial charge in [-0.1, -0.05) is 34.8 Å². The lowest BCUT2D eigenvalue weighted by Crippen LogP contribution is -2.41. The van der Waals surface area contributed by atoms with Crippen LogP contribution in [0.5, 0.6) is 0 Å². The average Bonchev–Trinajstić information content (AvgIpc) is 3.18. The number of nitro groups is 1. The Morgan fingerprint density at radius 2 is 1.53 bits per heavy atom. The zero-order valence-electron chi connectivity index (χ0n) is 17.8. The molecule has 9 nitrogen and oxygen atoms in total. The molecule has 0 spiro atoms. The lowest BCUT2D eigenvalue weighted by atomic mass is 10.2. The lowest BCUT2D eigenvalue weighted by Gasteiger charge is -2.09. The Bertz CT molecular complexity index is 1540. The summed E-state index contributed by atoms with van der Waals surface area (Å²) in [7, 11) is 0. The second kappa shape index (κ2) is 10.5. The number of non-ortho nitro benzene ring substituents is 1. The predicted octanol–water partition coefficient (Wildman–Crippen LogP) is 6.10. The van der Waals surface area contributed by atoms with Gasteiger partial charge in [0.25, 0.3) is 23.4 Å². The molecule has 0 atom stereocenters. The van der Waals surface area contributed by atoms with Gasteiger partial charge in [0.15, 0.2) is 0 Å². The standard InChI is InChI=1S/C23H13Cl3N4O5S/c24-12-3-7-15(17(25)9-12)22(32)29-28-21(31)11-1-4-13(5-2-11)27-23(33)20-19(26)16-8-6-14(30(34)35)10-18(16)36-20/h1-10H,(H,27,33)(H,28,31)(H,29,32). The third kappa shape index (κ3) is 5.42. The summed E-state index contributed by atoms with van der Waals surface area (Å²) in [6.45, 7) is 0. The number of benzene rings is 3. The molecule has 0 fully saturated rings. The molecule has 0 saturated carbocycles. The molecule has 3 amide bonds. The Morgan fingerprint density at radius 1 is 0.833 bits per heavy atom. The van der Waals surface area contributed by atoms with Gasteiger partial charge in [0.2, 0.25) is 0 Å². The Labute approximate surface area is 222 Å². The molecule has 0 aliphatic heterocycles. The fraction of sp³-hybridized carbons (Fsp3) is 0. The minimum Gasteiger partial charge on any atom is -0.321 e. The van der Waals surface area contributed by atoms with E-state index in [4.69, 9.17) is 34.8 Å². The number of hydrazine groups is 1. The van der Waals surface area contributed by atoms with Gasteiger partial charge in [0, 0.05) is 38.5 Å². The molecule has 0 aliphatic rings. The Hall–Kier alpha value is -3.70. The van der Waals surface area contributed by atoms with Gasteiger partial charge in [0.05, 0.1) is 20.5 Å². The van der Waals surface area contributed by atoms with Gasteiger partial charge < -0.3 is 5.32 Å². The van der Waals surface area contributed by atoms with E-state index in [1.54, 1.807) is 0 Å². The minimum absolute atomic E-state index is 0.103. The fourth-order valence-electron chi connectivity index (χ4n) is 3.13. The van der Waals surface area contributed by atoms with Crippen molar-refractivity contribution in [1.29, 1.82) is 0 Å². The van der Waals surface area contributed by atoms with E-state index in [2.05, 4.69) is 16.2 Å². The van der Waals surface area contributed by atoms with E-state index in [0.29, 0.717) is 20.8 Å². The van der Waals surface area contributed by atoms with Crippen molar-refractivity contribution >= 4 is 85.3 Å². The molecule has 4 rings (SSSR count). The predicted molar refractivity (Wildman–Crippen MR) is 139 cm³/mol. The number of nitrogens with zero attached hydrogens (tertiary/aromatic N) is 1. The van der Waals surface area contributed by atoms with Crippen LogP contribution in [0.1, 0.15) is 30.4 Å². The smallest absolute Gasteiger partial charge is 0.271 e. The first-order valence-corrected chi connectivity index (χ1v) is 11.9. The fourth-order valence-corrected chi connectivity index (χ4v) is 5.07. The molecule has 182 valence electrons. The number of hydrogen-bond acceptors (Lipinski definition) is 6. The summed E-state index contributed by atoms with van der Waals surface area (Å²) in [6.07, 6.45) is 0. The number of amides is 3. The van der Waals surface area contributed by atoms with Crippen LogP contribution in [0.25, 0.3) is 10.1 Å². The molecule has 1 heterocycles. The molecule has 0 saturated heterocycles. The number of halogens is 3. The molecule has 3 aromatic carbocycles. The molecule has 1 aromatic heterocycles. The second-order valence-corrected chi connectivity index (χ2v) is 9.52. The number of hydrogen-bond donors (Lipinski definition) is 3. The van der Waals surface area contributed by atoms with Gasteiger partial charge in [0.1, 0.15) is 4.88 Å². The van der Waals surface area contributed by atoms with E-state index < -0.39 is 22.6 Å². The first-order chi connectivity index (χ1) is 17.1. The van der Waals surface area contributed by atoms with Crippen molar-refractivity contribution in [3.8, 4) is 0 Å². The highest BCUT2D eigenvalue weighted by molar-refractivity contribution is 7.21. The van der Waals surface area contributed by atoms with Crippen molar-refractivity contribution in [2.24, 2.45) is 0 Å². The summed E-state index contributed by atoms with van der Waals surface area (Å²) in [4.78, 5) is 48.0. The van der Waals surface area contributed by atoms with Crippen molar-refractivity contribution in [2.45, 2.75) is 0 Å².